The van der Waals surface area contributed by atoms with Crippen LogP contribution in [0.5, 0.6) is 5.75 Å². The average molecular weight is 271 g/mol. The van der Waals surface area contributed by atoms with Crippen molar-refractivity contribution >= 4 is 6.08 Å². The van der Waals surface area contributed by atoms with Gasteiger partial charge in [0, 0.05) is 12.5 Å². The number of nitro groups is 1. The van der Waals surface area contributed by atoms with Crippen molar-refractivity contribution in [3.63, 3.8) is 0 Å². The Morgan fingerprint density at radius 2 is 1.95 bits per heavy atom. The van der Waals surface area contributed by atoms with E-state index in [-0.39, 0.29) is 11.4 Å². The van der Waals surface area contributed by atoms with Gasteiger partial charge in [0.1, 0.15) is 5.75 Å². The molecule has 0 amide bonds. The summed E-state index contributed by atoms with van der Waals surface area (Å²) in [5, 5.41) is 10.7. The Bertz CT molecular complexity index is 490. The second kappa shape index (κ2) is 6.26. The third-order valence-electron chi connectivity index (χ3n) is 2.62. The van der Waals surface area contributed by atoms with Crippen LogP contribution in [0.3, 0.4) is 0 Å². The van der Waals surface area contributed by atoms with E-state index in [9.17, 15) is 18.9 Å². The van der Waals surface area contributed by atoms with Gasteiger partial charge in [0.15, 0.2) is 0 Å². The normalized spacial score (nSPS) is 11.8. The quantitative estimate of drug-likeness (QED) is 0.602. The summed E-state index contributed by atoms with van der Waals surface area (Å²) in [5.41, 5.74) is 1.71. The highest BCUT2D eigenvalue weighted by Gasteiger charge is 2.13. The van der Waals surface area contributed by atoms with Crippen molar-refractivity contribution in [2.45, 2.75) is 33.8 Å². The van der Waals surface area contributed by atoms with Gasteiger partial charge in [-0.1, -0.05) is 6.92 Å². The van der Waals surface area contributed by atoms with E-state index in [0.717, 1.165) is 0 Å². The van der Waals surface area contributed by atoms with E-state index < -0.39 is 11.5 Å². The first-order chi connectivity index (χ1) is 8.85. The van der Waals surface area contributed by atoms with Gasteiger partial charge in [-0.05, 0) is 42.7 Å². The maximum absolute atomic E-state index is 12.2. The van der Waals surface area contributed by atoms with Crippen LogP contribution in [0.25, 0.3) is 6.08 Å². The van der Waals surface area contributed by atoms with Crippen molar-refractivity contribution < 1.29 is 18.4 Å². The zero-order valence-corrected chi connectivity index (χ0v) is 10.9. The molecule has 1 rings (SSSR count). The molecular weight excluding hydrogens is 256 g/mol. The minimum Gasteiger partial charge on any atom is -0.434 e. The fraction of sp³-hybridized carbons (Fsp3) is 0.385. The summed E-state index contributed by atoms with van der Waals surface area (Å²) < 4.78 is 28.9. The minimum atomic E-state index is -2.89. The average Bonchev–Trinajstić information content (AvgIpc) is 2.30. The summed E-state index contributed by atoms with van der Waals surface area (Å²) >= 11 is 0. The number of ether oxygens (including phenoxy) is 1. The lowest BCUT2D eigenvalue weighted by Crippen LogP contribution is -2.05. The van der Waals surface area contributed by atoms with Crippen molar-refractivity contribution in [1.29, 1.82) is 0 Å². The molecule has 0 bridgehead atoms. The van der Waals surface area contributed by atoms with Gasteiger partial charge in [0.05, 0.1) is 4.92 Å². The Kier molecular flexibility index (Phi) is 4.97. The molecule has 0 N–H and O–H groups in total. The van der Waals surface area contributed by atoms with E-state index in [0.29, 0.717) is 23.1 Å². The maximum atomic E-state index is 12.2. The molecule has 0 fully saturated rings. The van der Waals surface area contributed by atoms with Crippen molar-refractivity contribution in [1.82, 2.24) is 0 Å². The SMILES string of the molecule is CCC(=Cc1cc(C)c(OC(F)F)c(C)c1)[N+](=O)[O-]. The van der Waals surface area contributed by atoms with E-state index in [4.69, 9.17) is 0 Å². The van der Waals surface area contributed by atoms with E-state index >= 15 is 0 Å². The molecule has 0 heterocycles. The molecule has 1 aromatic carbocycles. The van der Waals surface area contributed by atoms with Gasteiger partial charge in [-0.15, -0.1) is 0 Å². The molecule has 104 valence electrons. The Balaban J connectivity index is 3.17. The molecule has 0 atom stereocenters. The topological polar surface area (TPSA) is 52.4 Å². The first kappa shape index (κ1) is 15.1. The molecule has 0 aliphatic carbocycles. The third kappa shape index (κ3) is 4.01. The lowest BCUT2D eigenvalue weighted by Gasteiger charge is -2.12. The van der Waals surface area contributed by atoms with Gasteiger partial charge in [-0.3, -0.25) is 10.1 Å². The summed E-state index contributed by atoms with van der Waals surface area (Å²) in [4.78, 5) is 10.3. The maximum Gasteiger partial charge on any atom is 0.387 e. The number of aryl methyl sites for hydroxylation is 2. The second-order valence-electron chi connectivity index (χ2n) is 4.11. The molecule has 0 saturated heterocycles. The lowest BCUT2D eigenvalue weighted by atomic mass is 10.0. The molecule has 19 heavy (non-hydrogen) atoms. The smallest absolute Gasteiger partial charge is 0.387 e. The monoisotopic (exact) mass is 271 g/mol. The zero-order chi connectivity index (χ0) is 14.6. The van der Waals surface area contributed by atoms with Crippen LogP contribution in [0.2, 0.25) is 0 Å². The lowest BCUT2D eigenvalue weighted by molar-refractivity contribution is -0.425. The molecule has 4 nitrogen and oxygen atoms in total. The fourth-order valence-electron chi connectivity index (χ4n) is 1.82. The Morgan fingerprint density at radius 3 is 2.32 bits per heavy atom. The van der Waals surface area contributed by atoms with E-state index in [1.807, 2.05) is 0 Å². The molecule has 0 aliphatic rings. The van der Waals surface area contributed by atoms with Crippen LogP contribution < -0.4 is 4.74 Å². The predicted molar refractivity (Wildman–Crippen MR) is 67.8 cm³/mol. The number of rotatable bonds is 5. The summed E-state index contributed by atoms with van der Waals surface area (Å²) in [6.07, 6.45) is 1.73. The van der Waals surface area contributed by atoms with Gasteiger partial charge in [-0.25, -0.2) is 0 Å². The van der Waals surface area contributed by atoms with Crippen molar-refractivity contribution in [2.24, 2.45) is 0 Å². The molecule has 0 aromatic heterocycles. The molecule has 0 spiro atoms. The molecule has 0 saturated carbocycles. The van der Waals surface area contributed by atoms with Gasteiger partial charge in [0.2, 0.25) is 5.70 Å². The van der Waals surface area contributed by atoms with Crippen LogP contribution in [0.1, 0.15) is 30.0 Å². The molecule has 0 unspecified atom stereocenters. The predicted octanol–water partition coefficient (Wildman–Crippen LogP) is 3.93. The van der Waals surface area contributed by atoms with Gasteiger partial charge >= 0.3 is 6.61 Å². The van der Waals surface area contributed by atoms with E-state index in [2.05, 4.69) is 4.74 Å². The highest BCUT2D eigenvalue weighted by molar-refractivity contribution is 5.57. The number of nitrogens with zero attached hydrogens (tertiary/aromatic N) is 1. The van der Waals surface area contributed by atoms with Crippen LogP contribution in [0, 0.1) is 24.0 Å². The van der Waals surface area contributed by atoms with E-state index in [1.54, 1.807) is 32.9 Å². The Labute approximate surface area is 109 Å². The van der Waals surface area contributed by atoms with Crippen LogP contribution >= 0.6 is 0 Å². The number of halogens is 2. The summed E-state index contributed by atoms with van der Waals surface area (Å²) in [6.45, 7) is 2.05. The summed E-state index contributed by atoms with van der Waals surface area (Å²) in [5.74, 6) is 0.117. The molecule has 0 radical (unpaired) electrons. The van der Waals surface area contributed by atoms with Crippen molar-refractivity contribution in [2.75, 3.05) is 0 Å². The number of hydrogen-bond donors (Lipinski definition) is 0. The molecule has 6 heteroatoms. The second-order valence-corrected chi connectivity index (χ2v) is 4.11. The van der Waals surface area contributed by atoms with Gasteiger partial charge < -0.3 is 4.74 Å². The van der Waals surface area contributed by atoms with Gasteiger partial charge in [0.25, 0.3) is 0 Å². The van der Waals surface area contributed by atoms with Crippen molar-refractivity contribution in [3.05, 3.63) is 44.6 Å². The fourth-order valence-corrected chi connectivity index (χ4v) is 1.82. The Hall–Kier alpha value is -1.98. The summed E-state index contributed by atoms with van der Waals surface area (Å²) in [6, 6.07) is 3.17. The van der Waals surface area contributed by atoms with Crippen LogP contribution in [-0.2, 0) is 0 Å². The molecule has 0 aliphatic heterocycles. The van der Waals surface area contributed by atoms with Gasteiger partial charge in [-0.2, -0.15) is 8.78 Å². The number of alkyl halides is 2. The highest BCUT2D eigenvalue weighted by Crippen LogP contribution is 2.27. The number of benzene rings is 1. The molecular formula is C13H15F2NO3. The first-order valence-electron chi connectivity index (χ1n) is 5.76. The molecule has 1 aromatic rings. The zero-order valence-electron chi connectivity index (χ0n) is 10.9. The third-order valence-corrected chi connectivity index (χ3v) is 2.62. The summed E-state index contributed by atoms with van der Waals surface area (Å²) in [7, 11) is 0. The number of allylic oxidation sites excluding steroid dienone is 1. The van der Waals surface area contributed by atoms with E-state index in [1.165, 1.54) is 6.08 Å². The highest BCUT2D eigenvalue weighted by atomic mass is 19.3. The first-order valence-corrected chi connectivity index (χ1v) is 5.76. The largest absolute Gasteiger partial charge is 0.434 e. The van der Waals surface area contributed by atoms with Crippen LogP contribution in [0.15, 0.2) is 17.8 Å². The number of hydrogen-bond acceptors (Lipinski definition) is 3. The Morgan fingerprint density at radius 1 is 1.42 bits per heavy atom. The van der Waals surface area contributed by atoms with Crippen LogP contribution in [-0.4, -0.2) is 11.5 Å². The van der Waals surface area contributed by atoms with Crippen LogP contribution in [0.4, 0.5) is 8.78 Å². The standard InChI is InChI=1S/C13H15F2NO3/c1-4-11(16(17)18)7-10-5-8(2)12(9(3)6-10)19-13(14)15/h5-7,13H,4H2,1-3H3. The minimum absolute atomic E-state index is 0.0707. The van der Waals surface area contributed by atoms with Crippen molar-refractivity contribution in [3.8, 4) is 5.75 Å².